The Bertz CT molecular complexity index is 984. The van der Waals surface area contributed by atoms with Gasteiger partial charge in [-0.3, -0.25) is 19.9 Å². The molecule has 1 aromatic heterocycles. The SMILES string of the molecule is O=C1NC(=O)N(c2ccncc2)C(=O)/C1=C/c1ccc(N2CCCC2)cc1F. The number of nitrogens with one attached hydrogen (secondary N) is 1. The van der Waals surface area contributed by atoms with Gasteiger partial charge < -0.3 is 4.90 Å². The number of barbiturate groups is 1. The molecule has 2 aromatic rings. The van der Waals surface area contributed by atoms with Crippen LogP contribution in [0.25, 0.3) is 6.08 Å². The van der Waals surface area contributed by atoms with Crippen LogP contribution in [0.3, 0.4) is 0 Å². The summed E-state index contributed by atoms with van der Waals surface area (Å²) in [5, 5.41) is 2.11. The summed E-state index contributed by atoms with van der Waals surface area (Å²) in [6.45, 7) is 1.76. The van der Waals surface area contributed by atoms with E-state index in [-0.39, 0.29) is 16.8 Å². The highest BCUT2D eigenvalue weighted by molar-refractivity contribution is 6.39. The molecule has 142 valence electrons. The van der Waals surface area contributed by atoms with Crippen LogP contribution in [0.5, 0.6) is 0 Å². The van der Waals surface area contributed by atoms with Gasteiger partial charge in [-0.15, -0.1) is 0 Å². The second-order valence-corrected chi connectivity index (χ2v) is 6.56. The first-order chi connectivity index (χ1) is 13.5. The predicted molar refractivity (Wildman–Crippen MR) is 101 cm³/mol. The molecule has 3 heterocycles. The van der Waals surface area contributed by atoms with Crippen LogP contribution >= 0.6 is 0 Å². The van der Waals surface area contributed by atoms with E-state index in [1.54, 1.807) is 6.07 Å². The Balaban J connectivity index is 1.67. The van der Waals surface area contributed by atoms with Crippen molar-refractivity contribution >= 4 is 35.3 Å². The van der Waals surface area contributed by atoms with Crippen LogP contribution in [0.15, 0.2) is 48.3 Å². The van der Waals surface area contributed by atoms with E-state index in [1.807, 2.05) is 0 Å². The molecule has 4 rings (SSSR count). The number of benzene rings is 1. The van der Waals surface area contributed by atoms with Gasteiger partial charge in [-0.1, -0.05) is 0 Å². The number of aromatic nitrogens is 1. The van der Waals surface area contributed by atoms with Crippen LogP contribution in [-0.4, -0.2) is 35.9 Å². The van der Waals surface area contributed by atoms with Crippen molar-refractivity contribution in [3.05, 3.63) is 59.7 Å². The number of anilines is 2. The summed E-state index contributed by atoms with van der Waals surface area (Å²) >= 11 is 0. The van der Waals surface area contributed by atoms with E-state index in [9.17, 15) is 18.8 Å². The van der Waals surface area contributed by atoms with Gasteiger partial charge in [0.05, 0.1) is 5.69 Å². The van der Waals surface area contributed by atoms with Crippen molar-refractivity contribution in [3.63, 3.8) is 0 Å². The molecular formula is C20H17FN4O3. The number of rotatable bonds is 3. The Labute approximate surface area is 160 Å². The molecule has 0 atom stereocenters. The maximum atomic E-state index is 14.6. The van der Waals surface area contributed by atoms with Crippen LogP contribution in [0.1, 0.15) is 18.4 Å². The molecule has 8 heteroatoms. The molecular weight excluding hydrogens is 363 g/mol. The molecule has 2 aliphatic rings. The smallest absolute Gasteiger partial charge is 0.335 e. The maximum absolute atomic E-state index is 14.6. The number of nitrogens with zero attached hydrogens (tertiary/aromatic N) is 3. The van der Waals surface area contributed by atoms with E-state index in [4.69, 9.17) is 0 Å². The quantitative estimate of drug-likeness (QED) is 0.653. The molecule has 1 N–H and O–H groups in total. The van der Waals surface area contributed by atoms with Crippen molar-refractivity contribution in [3.8, 4) is 0 Å². The van der Waals surface area contributed by atoms with Crippen molar-refractivity contribution in [1.82, 2.24) is 10.3 Å². The Hall–Kier alpha value is -3.55. The molecule has 1 aromatic carbocycles. The van der Waals surface area contributed by atoms with Gasteiger partial charge in [-0.05, 0) is 49.2 Å². The molecule has 0 unspecified atom stereocenters. The minimum absolute atomic E-state index is 0.102. The number of carbonyl (C=O) groups excluding carboxylic acids is 3. The lowest BCUT2D eigenvalue weighted by Gasteiger charge is -2.26. The lowest BCUT2D eigenvalue weighted by molar-refractivity contribution is -0.122. The molecule has 0 spiro atoms. The number of hydrogen-bond donors (Lipinski definition) is 1. The Morgan fingerprint density at radius 1 is 1.00 bits per heavy atom. The summed E-state index contributed by atoms with van der Waals surface area (Å²) in [5.74, 6) is -2.21. The number of halogens is 1. The van der Waals surface area contributed by atoms with Crippen LogP contribution in [0.2, 0.25) is 0 Å². The Kier molecular flexibility index (Phi) is 4.60. The second kappa shape index (κ2) is 7.22. The molecule has 2 fully saturated rings. The van der Waals surface area contributed by atoms with E-state index in [0.717, 1.165) is 36.5 Å². The Morgan fingerprint density at radius 3 is 2.39 bits per heavy atom. The number of pyridine rings is 1. The molecule has 2 aliphatic heterocycles. The van der Waals surface area contributed by atoms with Gasteiger partial charge in [0.25, 0.3) is 11.8 Å². The van der Waals surface area contributed by atoms with Gasteiger partial charge in [0.1, 0.15) is 11.4 Å². The first kappa shape index (κ1) is 17.8. The number of hydrogen-bond acceptors (Lipinski definition) is 5. The molecule has 28 heavy (non-hydrogen) atoms. The van der Waals surface area contributed by atoms with Crippen molar-refractivity contribution in [2.75, 3.05) is 22.9 Å². The first-order valence-electron chi connectivity index (χ1n) is 8.90. The normalized spacial score (nSPS) is 18.8. The zero-order valence-corrected chi connectivity index (χ0v) is 14.9. The van der Waals surface area contributed by atoms with Crippen LogP contribution in [0, 0.1) is 5.82 Å². The van der Waals surface area contributed by atoms with Crippen molar-refractivity contribution in [2.24, 2.45) is 0 Å². The van der Waals surface area contributed by atoms with E-state index in [1.165, 1.54) is 42.7 Å². The summed E-state index contributed by atoms with van der Waals surface area (Å²) < 4.78 is 14.6. The third-order valence-corrected chi connectivity index (χ3v) is 4.78. The highest BCUT2D eigenvalue weighted by Gasteiger charge is 2.36. The lowest BCUT2D eigenvalue weighted by Crippen LogP contribution is -2.54. The van der Waals surface area contributed by atoms with Gasteiger partial charge in [0.2, 0.25) is 0 Å². The van der Waals surface area contributed by atoms with E-state index < -0.39 is 23.7 Å². The molecule has 0 saturated carbocycles. The van der Waals surface area contributed by atoms with Gasteiger partial charge in [0.15, 0.2) is 0 Å². The third kappa shape index (κ3) is 3.24. The number of urea groups is 1. The summed E-state index contributed by atoms with van der Waals surface area (Å²) in [5.41, 5.74) is 0.820. The number of carbonyl (C=O) groups is 3. The highest BCUT2D eigenvalue weighted by atomic mass is 19.1. The first-order valence-corrected chi connectivity index (χ1v) is 8.90. The van der Waals surface area contributed by atoms with Crippen molar-refractivity contribution in [2.45, 2.75) is 12.8 Å². The summed E-state index contributed by atoms with van der Waals surface area (Å²) in [6.07, 6.45) is 6.15. The molecule has 2 saturated heterocycles. The second-order valence-electron chi connectivity index (χ2n) is 6.56. The fourth-order valence-electron chi connectivity index (χ4n) is 3.35. The van der Waals surface area contributed by atoms with Crippen molar-refractivity contribution in [1.29, 1.82) is 0 Å². The van der Waals surface area contributed by atoms with Crippen LogP contribution in [-0.2, 0) is 9.59 Å². The molecule has 7 nitrogen and oxygen atoms in total. The van der Waals surface area contributed by atoms with Gasteiger partial charge >= 0.3 is 6.03 Å². The summed E-state index contributed by atoms with van der Waals surface area (Å²) in [7, 11) is 0. The monoisotopic (exact) mass is 380 g/mol. The summed E-state index contributed by atoms with van der Waals surface area (Å²) in [4.78, 5) is 43.8. The zero-order chi connectivity index (χ0) is 19.7. The zero-order valence-electron chi connectivity index (χ0n) is 14.9. The molecule has 4 amide bonds. The van der Waals surface area contributed by atoms with E-state index >= 15 is 0 Å². The Morgan fingerprint density at radius 2 is 1.71 bits per heavy atom. The lowest BCUT2D eigenvalue weighted by atomic mass is 10.1. The van der Waals surface area contributed by atoms with Crippen molar-refractivity contribution < 1.29 is 18.8 Å². The van der Waals surface area contributed by atoms with Gasteiger partial charge in [-0.2, -0.15) is 0 Å². The van der Waals surface area contributed by atoms with E-state index in [2.05, 4.69) is 15.2 Å². The standard InChI is InChI=1S/C20H17FN4O3/c21-17-12-15(24-9-1-2-10-24)4-3-13(17)11-16-18(26)23-20(28)25(19(16)27)14-5-7-22-8-6-14/h3-8,11-12H,1-2,9-10H2,(H,23,26,28)/b16-11+. The minimum atomic E-state index is -0.858. The highest BCUT2D eigenvalue weighted by Crippen LogP contribution is 2.25. The van der Waals surface area contributed by atoms with Gasteiger partial charge in [-0.25, -0.2) is 14.1 Å². The minimum Gasteiger partial charge on any atom is -0.371 e. The maximum Gasteiger partial charge on any atom is 0.335 e. The molecule has 0 aliphatic carbocycles. The fourth-order valence-corrected chi connectivity index (χ4v) is 3.35. The largest absolute Gasteiger partial charge is 0.371 e. The average molecular weight is 380 g/mol. The average Bonchev–Trinajstić information content (AvgIpc) is 3.21. The summed E-state index contributed by atoms with van der Waals surface area (Å²) in [6, 6.07) is 6.77. The predicted octanol–water partition coefficient (Wildman–Crippen LogP) is 2.49. The van der Waals surface area contributed by atoms with Gasteiger partial charge in [0, 0.05) is 36.7 Å². The topological polar surface area (TPSA) is 82.6 Å². The van der Waals surface area contributed by atoms with Crippen LogP contribution < -0.4 is 15.1 Å². The number of imide groups is 2. The fraction of sp³-hybridized carbons (Fsp3) is 0.200. The molecule has 0 radical (unpaired) electrons. The third-order valence-electron chi connectivity index (χ3n) is 4.78. The van der Waals surface area contributed by atoms with Crippen LogP contribution in [0.4, 0.5) is 20.6 Å². The molecule has 0 bridgehead atoms. The number of amides is 4. The van der Waals surface area contributed by atoms with E-state index in [0.29, 0.717) is 0 Å².